The van der Waals surface area contributed by atoms with Crippen molar-refractivity contribution in [2.75, 3.05) is 25.5 Å². The van der Waals surface area contributed by atoms with Crippen molar-refractivity contribution in [2.45, 2.75) is 0 Å². The highest BCUT2D eigenvalue weighted by Gasteiger charge is 2.09. The molecule has 0 aliphatic rings. The van der Waals surface area contributed by atoms with Crippen molar-refractivity contribution >= 4 is 41.5 Å². The van der Waals surface area contributed by atoms with Gasteiger partial charge in [0.05, 0.1) is 25.9 Å². The van der Waals surface area contributed by atoms with Crippen molar-refractivity contribution in [3.05, 3.63) is 23.2 Å². The maximum atomic E-state index is 11.5. The second-order valence-electron chi connectivity index (χ2n) is 3.37. The molecule has 0 spiro atoms. The summed E-state index contributed by atoms with van der Waals surface area (Å²) in [6, 6.07) is 4.84. The summed E-state index contributed by atoms with van der Waals surface area (Å²) in [6.07, 6.45) is 0. The molecule has 0 fully saturated rings. The molecule has 0 radical (unpaired) electrons. The summed E-state index contributed by atoms with van der Waals surface area (Å²) in [5, 5.41) is 5.40. The van der Waals surface area contributed by atoms with E-state index in [1.165, 1.54) is 7.11 Å². The number of anilines is 1. The van der Waals surface area contributed by atoms with Gasteiger partial charge in [0.1, 0.15) is 5.75 Å². The van der Waals surface area contributed by atoms with Crippen molar-refractivity contribution < 1.29 is 14.3 Å². The highest BCUT2D eigenvalue weighted by atomic mass is 35.5. The molecule has 4 N–H and O–H groups in total. The minimum atomic E-state index is -0.400. The summed E-state index contributed by atoms with van der Waals surface area (Å²) in [7, 11) is 1.48. The Morgan fingerprint density at radius 2 is 2.05 bits per heavy atom. The quantitative estimate of drug-likeness (QED) is 0.749. The summed E-state index contributed by atoms with van der Waals surface area (Å²) in [6.45, 7) is -0.320. The number of rotatable bonds is 5. The molecule has 1 aromatic rings. The molecule has 0 aliphatic heterocycles. The highest BCUT2D eigenvalue weighted by molar-refractivity contribution is 6.31. The van der Waals surface area contributed by atoms with Crippen LogP contribution in [0.2, 0.25) is 5.02 Å². The zero-order chi connectivity index (χ0) is 13.5. The fourth-order valence-corrected chi connectivity index (χ4v) is 1.40. The predicted octanol–water partition coefficient (Wildman–Crippen LogP) is 0.784. The van der Waals surface area contributed by atoms with Crippen LogP contribution in [0, 0.1) is 0 Å². The number of halogens is 2. The van der Waals surface area contributed by atoms with Gasteiger partial charge in [-0.25, -0.2) is 0 Å². The second-order valence-corrected chi connectivity index (χ2v) is 3.81. The standard InChI is InChI=1S/C11H14ClN3O3.ClH/c1-18-9-3-2-7(12)4-8(9)15-11(17)6-14-10(16)5-13;/h2-4H,5-6,13H2,1H3,(H,14,16)(H,15,17);1H. The number of ether oxygens (including phenoxy) is 1. The first kappa shape index (κ1) is 17.5. The van der Waals surface area contributed by atoms with Crippen LogP contribution in [-0.2, 0) is 9.59 Å². The van der Waals surface area contributed by atoms with Crippen LogP contribution in [0.4, 0.5) is 5.69 Å². The number of nitrogens with one attached hydrogen (secondary N) is 2. The minimum absolute atomic E-state index is 0. The van der Waals surface area contributed by atoms with Gasteiger partial charge in [0.15, 0.2) is 0 Å². The van der Waals surface area contributed by atoms with Crippen LogP contribution in [0.15, 0.2) is 18.2 Å². The number of hydrogen-bond donors (Lipinski definition) is 3. The zero-order valence-electron chi connectivity index (χ0n) is 10.2. The molecular formula is C11H15Cl2N3O3. The van der Waals surface area contributed by atoms with Gasteiger partial charge >= 0.3 is 0 Å². The van der Waals surface area contributed by atoms with Gasteiger partial charge in [0, 0.05) is 5.02 Å². The fraction of sp³-hybridized carbons (Fsp3) is 0.273. The van der Waals surface area contributed by atoms with Gasteiger partial charge in [-0.05, 0) is 18.2 Å². The lowest BCUT2D eigenvalue weighted by Gasteiger charge is -2.10. The number of carbonyl (C=O) groups is 2. The van der Waals surface area contributed by atoms with E-state index in [0.29, 0.717) is 16.5 Å². The van der Waals surface area contributed by atoms with E-state index in [0.717, 1.165) is 0 Å². The van der Waals surface area contributed by atoms with E-state index >= 15 is 0 Å². The normalized spacial score (nSPS) is 9.21. The van der Waals surface area contributed by atoms with Crippen LogP contribution in [0.3, 0.4) is 0 Å². The van der Waals surface area contributed by atoms with Crippen molar-refractivity contribution in [2.24, 2.45) is 5.73 Å². The molecule has 8 heteroatoms. The number of amides is 2. The van der Waals surface area contributed by atoms with E-state index in [9.17, 15) is 9.59 Å². The Bertz CT molecular complexity index is 455. The van der Waals surface area contributed by atoms with Gasteiger partial charge in [-0.3, -0.25) is 9.59 Å². The number of methoxy groups -OCH3 is 1. The average molecular weight is 308 g/mol. The van der Waals surface area contributed by atoms with Crippen LogP contribution < -0.4 is 21.1 Å². The first-order chi connectivity index (χ1) is 8.56. The maximum absolute atomic E-state index is 11.5. The third-order valence-electron chi connectivity index (χ3n) is 2.07. The van der Waals surface area contributed by atoms with E-state index in [2.05, 4.69) is 10.6 Å². The lowest BCUT2D eigenvalue weighted by atomic mass is 10.3. The van der Waals surface area contributed by atoms with Crippen LogP contribution in [0.5, 0.6) is 5.75 Å². The first-order valence-corrected chi connectivity index (χ1v) is 5.54. The van der Waals surface area contributed by atoms with Crippen molar-refractivity contribution in [1.82, 2.24) is 5.32 Å². The number of carbonyl (C=O) groups excluding carboxylic acids is 2. The Balaban J connectivity index is 0.00000324. The summed E-state index contributed by atoms with van der Waals surface area (Å²) in [5.74, 6) is -0.307. The molecule has 0 heterocycles. The predicted molar refractivity (Wildman–Crippen MR) is 75.9 cm³/mol. The molecule has 1 aromatic carbocycles. The van der Waals surface area contributed by atoms with Gasteiger partial charge in [-0.1, -0.05) is 11.6 Å². The van der Waals surface area contributed by atoms with Gasteiger partial charge in [-0.2, -0.15) is 0 Å². The molecule has 0 saturated heterocycles. The van der Waals surface area contributed by atoms with E-state index in [1.54, 1.807) is 18.2 Å². The Morgan fingerprint density at radius 3 is 2.63 bits per heavy atom. The van der Waals surface area contributed by atoms with Crippen LogP contribution in [-0.4, -0.2) is 32.0 Å². The Kier molecular flexibility index (Phi) is 7.90. The van der Waals surface area contributed by atoms with E-state index in [4.69, 9.17) is 22.1 Å². The van der Waals surface area contributed by atoms with Gasteiger partial charge in [-0.15, -0.1) is 12.4 Å². The van der Waals surface area contributed by atoms with E-state index in [-0.39, 0.29) is 25.5 Å². The van der Waals surface area contributed by atoms with Gasteiger partial charge in [0.25, 0.3) is 0 Å². The van der Waals surface area contributed by atoms with Gasteiger partial charge < -0.3 is 21.1 Å². The van der Waals surface area contributed by atoms with Crippen molar-refractivity contribution in [1.29, 1.82) is 0 Å². The van der Waals surface area contributed by atoms with Crippen molar-refractivity contribution in [3.63, 3.8) is 0 Å². The third-order valence-corrected chi connectivity index (χ3v) is 2.30. The number of nitrogens with two attached hydrogens (primary N) is 1. The van der Waals surface area contributed by atoms with Gasteiger partial charge in [0.2, 0.25) is 11.8 Å². The molecule has 19 heavy (non-hydrogen) atoms. The lowest BCUT2D eigenvalue weighted by Crippen LogP contribution is -2.36. The molecule has 6 nitrogen and oxygen atoms in total. The molecule has 106 valence electrons. The van der Waals surface area contributed by atoms with Crippen LogP contribution >= 0.6 is 24.0 Å². The molecule has 0 bridgehead atoms. The first-order valence-electron chi connectivity index (χ1n) is 5.17. The van der Waals surface area contributed by atoms with Crippen LogP contribution in [0.1, 0.15) is 0 Å². The Morgan fingerprint density at radius 1 is 1.37 bits per heavy atom. The minimum Gasteiger partial charge on any atom is -0.495 e. The smallest absolute Gasteiger partial charge is 0.243 e. The third kappa shape index (κ3) is 5.78. The summed E-state index contributed by atoms with van der Waals surface area (Å²) in [4.78, 5) is 22.4. The molecular weight excluding hydrogens is 293 g/mol. The monoisotopic (exact) mass is 307 g/mol. The second kappa shape index (κ2) is 8.58. The lowest BCUT2D eigenvalue weighted by molar-refractivity contribution is -0.123. The van der Waals surface area contributed by atoms with E-state index in [1.807, 2.05) is 0 Å². The largest absolute Gasteiger partial charge is 0.495 e. The Labute approximate surface area is 122 Å². The number of hydrogen-bond acceptors (Lipinski definition) is 4. The van der Waals surface area contributed by atoms with E-state index < -0.39 is 11.8 Å². The SMILES string of the molecule is COc1ccc(Cl)cc1NC(=O)CNC(=O)CN.Cl. The maximum Gasteiger partial charge on any atom is 0.243 e. The summed E-state index contributed by atoms with van der Waals surface area (Å²) < 4.78 is 5.07. The molecule has 0 aliphatic carbocycles. The topological polar surface area (TPSA) is 93.5 Å². The summed E-state index contributed by atoms with van der Waals surface area (Å²) >= 11 is 5.81. The molecule has 0 saturated carbocycles. The molecule has 0 atom stereocenters. The average Bonchev–Trinajstić information content (AvgIpc) is 2.36. The molecule has 0 unspecified atom stereocenters. The zero-order valence-corrected chi connectivity index (χ0v) is 11.8. The highest BCUT2D eigenvalue weighted by Crippen LogP contribution is 2.27. The fourth-order valence-electron chi connectivity index (χ4n) is 1.22. The molecule has 1 rings (SSSR count). The summed E-state index contributed by atoms with van der Waals surface area (Å²) in [5.41, 5.74) is 5.54. The number of benzene rings is 1. The Hall–Kier alpha value is -1.50. The van der Waals surface area contributed by atoms with Crippen LogP contribution in [0.25, 0.3) is 0 Å². The molecule has 0 aromatic heterocycles. The molecule has 2 amide bonds. The van der Waals surface area contributed by atoms with Crippen molar-refractivity contribution in [3.8, 4) is 5.75 Å².